The molecule has 2 aromatic rings. The van der Waals surface area contributed by atoms with Crippen molar-refractivity contribution in [2.24, 2.45) is 5.10 Å². The average Bonchev–Trinajstić information content (AvgIpc) is 2.60. The Morgan fingerprint density at radius 1 is 1.07 bits per heavy atom. The number of benzene rings is 2. The molecule has 0 saturated carbocycles. The van der Waals surface area contributed by atoms with Gasteiger partial charge in [-0.15, -0.1) is 0 Å². The molecule has 0 aliphatic carbocycles. The molecule has 142 valence electrons. The van der Waals surface area contributed by atoms with Gasteiger partial charge >= 0.3 is 5.97 Å². The van der Waals surface area contributed by atoms with Gasteiger partial charge in [0.1, 0.15) is 11.4 Å². The van der Waals surface area contributed by atoms with Crippen LogP contribution in [-0.4, -0.2) is 30.3 Å². The number of halogens is 1. The first kappa shape index (κ1) is 20.6. The molecule has 0 radical (unpaired) electrons. The topological polar surface area (TPSA) is 77.0 Å². The number of hydrogen-bond acceptors (Lipinski definition) is 5. The Morgan fingerprint density at radius 3 is 2.30 bits per heavy atom. The average molecular weight is 433 g/mol. The fraction of sp³-hybridized carbons (Fsp3) is 0.250. The summed E-state index contributed by atoms with van der Waals surface area (Å²) in [6.45, 7) is 5.24. The highest BCUT2D eigenvalue weighted by Gasteiger charge is 2.16. The molecule has 6 nitrogen and oxygen atoms in total. The summed E-state index contributed by atoms with van der Waals surface area (Å²) in [7, 11) is 0. The third-order valence-corrected chi connectivity index (χ3v) is 3.67. The van der Waals surface area contributed by atoms with Crippen LogP contribution in [0.2, 0.25) is 0 Å². The maximum absolute atomic E-state index is 11.9. The van der Waals surface area contributed by atoms with E-state index in [1.807, 2.05) is 0 Å². The highest BCUT2D eigenvalue weighted by atomic mass is 79.9. The minimum atomic E-state index is -0.540. The molecule has 0 heterocycles. The van der Waals surface area contributed by atoms with Crippen molar-refractivity contribution in [3.8, 4) is 5.75 Å². The summed E-state index contributed by atoms with van der Waals surface area (Å²) in [5.74, 6) is -0.184. The van der Waals surface area contributed by atoms with E-state index in [1.165, 1.54) is 6.21 Å². The molecule has 0 aliphatic rings. The fourth-order valence-electron chi connectivity index (χ4n) is 1.99. The van der Waals surface area contributed by atoms with Crippen molar-refractivity contribution in [1.29, 1.82) is 0 Å². The van der Waals surface area contributed by atoms with Gasteiger partial charge in [-0.2, -0.15) is 5.10 Å². The second-order valence-electron chi connectivity index (χ2n) is 6.65. The maximum Gasteiger partial charge on any atom is 0.344 e. The summed E-state index contributed by atoms with van der Waals surface area (Å²) in [5.41, 5.74) is 3.21. The first-order valence-electron chi connectivity index (χ1n) is 8.27. The molecule has 0 aliphatic heterocycles. The number of hydrazone groups is 1. The number of ether oxygens (including phenoxy) is 2. The maximum atomic E-state index is 11.9. The molecule has 2 rings (SSSR count). The van der Waals surface area contributed by atoms with Crippen LogP contribution >= 0.6 is 15.9 Å². The van der Waals surface area contributed by atoms with Gasteiger partial charge < -0.3 is 9.47 Å². The minimum absolute atomic E-state index is 0.159. The van der Waals surface area contributed by atoms with E-state index in [-0.39, 0.29) is 12.5 Å². The van der Waals surface area contributed by atoms with Crippen LogP contribution in [0.1, 0.15) is 36.7 Å². The van der Waals surface area contributed by atoms with Gasteiger partial charge in [-0.05, 0) is 74.9 Å². The van der Waals surface area contributed by atoms with Crippen molar-refractivity contribution in [3.05, 3.63) is 64.1 Å². The summed E-state index contributed by atoms with van der Waals surface area (Å²) in [4.78, 5) is 23.6. The van der Waals surface area contributed by atoms with Crippen LogP contribution in [-0.2, 0) is 9.53 Å². The lowest BCUT2D eigenvalue weighted by atomic mass is 10.2. The van der Waals surface area contributed by atoms with Crippen LogP contribution < -0.4 is 10.2 Å². The second-order valence-corrected chi connectivity index (χ2v) is 7.57. The summed E-state index contributed by atoms with van der Waals surface area (Å²) in [5, 5.41) is 3.93. The van der Waals surface area contributed by atoms with Crippen molar-refractivity contribution >= 4 is 34.0 Å². The predicted octanol–water partition coefficient (Wildman–Crippen LogP) is 3.93. The molecule has 0 bridgehead atoms. The zero-order valence-electron chi connectivity index (χ0n) is 15.4. The second kappa shape index (κ2) is 9.32. The third-order valence-electron chi connectivity index (χ3n) is 3.14. The van der Waals surface area contributed by atoms with Crippen molar-refractivity contribution in [2.45, 2.75) is 26.4 Å². The molecule has 0 saturated heterocycles. The molecule has 2 aromatic carbocycles. The number of amides is 1. The standard InChI is InChI=1S/C20H21BrN2O4/c1-20(2,3)27-18(24)13-26-17-10-4-14(5-11-17)12-22-23-19(25)15-6-8-16(21)9-7-15/h4-12H,13H2,1-3H3,(H,23,25)/b22-12+. The van der Waals surface area contributed by atoms with Crippen LogP contribution in [0.5, 0.6) is 5.75 Å². The summed E-state index contributed by atoms with van der Waals surface area (Å²) in [6.07, 6.45) is 1.52. The van der Waals surface area contributed by atoms with Crippen molar-refractivity contribution in [3.63, 3.8) is 0 Å². The monoisotopic (exact) mass is 432 g/mol. The van der Waals surface area contributed by atoms with Gasteiger partial charge in [0, 0.05) is 10.0 Å². The van der Waals surface area contributed by atoms with Crippen LogP contribution in [0.25, 0.3) is 0 Å². The van der Waals surface area contributed by atoms with E-state index in [1.54, 1.807) is 69.3 Å². The molecule has 0 aromatic heterocycles. The number of nitrogens with one attached hydrogen (secondary N) is 1. The molecular weight excluding hydrogens is 412 g/mol. The lowest BCUT2D eigenvalue weighted by Gasteiger charge is -2.19. The zero-order chi connectivity index (χ0) is 19.9. The summed E-state index contributed by atoms with van der Waals surface area (Å²) in [6, 6.07) is 13.9. The van der Waals surface area contributed by atoms with E-state index in [0.717, 1.165) is 10.0 Å². The quantitative estimate of drug-likeness (QED) is 0.426. The van der Waals surface area contributed by atoms with Crippen LogP contribution in [0.4, 0.5) is 0 Å². The highest BCUT2D eigenvalue weighted by Crippen LogP contribution is 2.13. The highest BCUT2D eigenvalue weighted by molar-refractivity contribution is 9.10. The van der Waals surface area contributed by atoms with Gasteiger partial charge in [-0.1, -0.05) is 15.9 Å². The molecule has 7 heteroatoms. The van der Waals surface area contributed by atoms with Crippen LogP contribution in [0.3, 0.4) is 0 Å². The molecule has 0 unspecified atom stereocenters. The lowest BCUT2D eigenvalue weighted by molar-refractivity contribution is -0.157. The molecule has 0 spiro atoms. The Morgan fingerprint density at radius 2 is 1.70 bits per heavy atom. The molecule has 27 heavy (non-hydrogen) atoms. The van der Waals surface area contributed by atoms with Gasteiger partial charge in [0.05, 0.1) is 6.21 Å². The van der Waals surface area contributed by atoms with E-state index >= 15 is 0 Å². The van der Waals surface area contributed by atoms with Crippen LogP contribution in [0, 0.1) is 0 Å². The number of rotatable bonds is 6. The van der Waals surface area contributed by atoms with Crippen molar-refractivity contribution in [1.82, 2.24) is 5.43 Å². The summed E-state index contributed by atoms with van der Waals surface area (Å²) >= 11 is 3.32. The van der Waals surface area contributed by atoms with Crippen molar-refractivity contribution in [2.75, 3.05) is 6.61 Å². The Labute approximate surface area is 166 Å². The van der Waals surface area contributed by atoms with E-state index < -0.39 is 11.6 Å². The first-order chi connectivity index (χ1) is 12.7. The Kier molecular flexibility index (Phi) is 7.12. The largest absolute Gasteiger partial charge is 0.482 e. The number of hydrogen-bond donors (Lipinski definition) is 1. The van der Waals surface area contributed by atoms with Crippen LogP contribution in [0.15, 0.2) is 58.1 Å². The number of nitrogens with zero attached hydrogens (tertiary/aromatic N) is 1. The van der Waals surface area contributed by atoms with E-state index in [9.17, 15) is 9.59 Å². The smallest absolute Gasteiger partial charge is 0.344 e. The van der Waals surface area contributed by atoms with Crippen molar-refractivity contribution < 1.29 is 19.1 Å². The normalized spacial score (nSPS) is 11.3. The fourth-order valence-corrected chi connectivity index (χ4v) is 2.26. The first-order valence-corrected chi connectivity index (χ1v) is 9.06. The molecule has 0 atom stereocenters. The predicted molar refractivity (Wildman–Crippen MR) is 107 cm³/mol. The Hall–Kier alpha value is -2.67. The van der Waals surface area contributed by atoms with E-state index in [2.05, 4.69) is 26.5 Å². The van der Waals surface area contributed by atoms with E-state index in [4.69, 9.17) is 9.47 Å². The number of esters is 1. The molecular formula is C20H21BrN2O4. The Bertz CT molecular complexity index is 809. The third kappa shape index (κ3) is 7.62. The molecule has 0 fully saturated rings. The zero-order valence-corrected chi connectivity index (χ0v) is 16.9. The lowest BCUT2D eigenvalue weighted by Crippen LogP contribution is -2.27. The van der Waals surface area contributed by atoms with Gasteiger partial charge in [0.2, 0.25) is 0 Å². The number of carbonyl (C=O) groups excluding carboxylic acids is 2. The number of carbonyl (C=O) groups is 2. The van der Waals surface area contributed by atoms with Gasteiger partial charge in [-0.3, -0.25) is 4.79 Å². The van der Waals surface area contributed by atoms with Gasteiger partial charge in [0.15, 0.2) is 6.61 Å². The molecule has 1 amide bonds. The van der Waals surface area contributed by atoms with Gasteiger partial charge in [0.25, 0.3) is 5.91 Å². The minimum Gasteiger partial charge on any atom is -0.482 e. The summed E-state index contributed by atoms with van der Waals surface area (Å²) < 4.78 is 11.5. The van der Waals surface area contributed by atoms with Gasteiger partial charge in [-0.25, -0.2) is 10.2 Å². The SMILES string of the molecule is CC(C)(C)OC(=O)COc1ccc(/C=N/NC(=O)c2ccc(Br)cc2)cc1. The van der Waals surface area contributed by atoms with E-state index in [0.29, 0.717) is 11.3 Å². The molecule has 1 N–H and O–H groups in total. The Balaban J connectivity index is 1.82.